The quantitative estimate of drug-likeness (QED) is 0.284. The Balaban J connectivity index is 0. The summed E-state index contributed by atoms with van der Waals surface area (Å²) < 4.78 is 0. The van der Waals surface area contributed by atoms with Crippen LogP contribution in [0.5, 0.6) is 0 Å². The van der Waals surface area contributed by atoms with Gasteiger partial charge in [-0.3, -0.25) is 4.79 Å². The fourth-order valence-electron chi connectivity index (χ4n) is 1.12. The summed E-state index contributed by atoms with van der Waals surface area (Å²) >= 11 is 0. The van der Waals surface area contributed by atoms with Gasteiger partial charge < -0.3 is 31.0 Å². The van der Waals surface area contributed by atoms with Gasteiger partial charge in [0.2, 0.25) is 0 Å². The van der Waals surface area contributed by atoms with Crippen molar-refractivity contribution in [3.05, 3.63) is 0 Å². The van der Waals surface area contributed by atoms with Crippen LogP contribution in [0, 0.1) is 5.41 Å². The highest BCUT2D eigenvalue weighted by Gasteiger charge is 2.30. The lowest BCUT2D eigenvalue weighted by Gasteiger charge is -2.25. The van der Waals surface area contributed by atoms with Crippen LogP contribution in [0.25, 0.3) is 0 Å². The van der Waals surface area contributed by atoms with E-state index >= 15 is 0 Å². The van der Waals surface area contributed by atoms with Crippen LogP contribution in [0.3, 0.4) is 0 Å². The van der Waals surface area contributed by atoms with Crippen molar-refractivity contribution in [2.24, 2.45) is 11.1 Å². The van der Waals surface area contributed by atoms with Gasteiger partial charge in [-0.15, -0.1) is 0 Å². The molecule has 0 bridgehead atoms. The highest BCUT2D eigenvalue weighted by atomic mass is 16.4. The number of aliphatic hydroxyl groups is 2. The second-order valence-corrected chi connectivity index (χ2v) is 5.27. The number of carboxylic acids is 2. The lowest BCUT2D eigenvalue weighted by Crippen LogP contribution is -2.45. The van der Waals surface area contributed by atoms with Gasteiger partial charge in [-0.25, -0.2) is 4.79 Å². The molecule has 0 amide bonds. The number of nitrogens with two attached hydrogens (primary N) is 1. The minimum absolute atomic E-state index is 0.222. The number of aliphatic carboxylic acids is 2. The Morgan fingerprint density at radius 3 is 2.00 bits per heavy atom. The van der Waals surface area contributed by atoms with E-state index in [0.29, 0.717) is 19.3 Å². The summed E-state index contributed by atoms with van der Waals surface area (Å²) in [5.74, 6) is -2.28. The van der Waals surface area contributed by atoms with Crippen LogP contribution in [0.4, 0.5) is 0 Å². The number of hydrogen-bond donors (Lipinski definition) is 5. The number of aliphatic hydroxyl groups excluding tert-OH is 2. The zero-order valence-corrected chi connectivity index (χ0v) is 12.4. The molecule has 0 fully saturated rings. The number of rotatable bonds is 9. The number of aldehydes is 1. The molecule has 21 heavy (non-hydrogen) atoms. The molecule has 0 aliphatic carbocycles. The smallest absolute Gasteiger partial charge is 0.332 e. The molecule has 0 aromatic carbocycles. The maximum absolute atomic E-state index is 10.3. The Labute approximate surface area is 123 Å². The van der Waals surface area contributed by atoms with Crippen molar-refractivity contribution in [2.75, 3.05) is 6.61 Å². The van der Waals surface area contributed by atoms with Gasteiger partial charge in [-0.05, 0) is 19.3 Å². The third-order valence-electron chi connectivity index (χ3n) is 2.85. The van der Waals surface area contributed by atoms with Crippen LogP contribution in [0.2, 0.25) is 0 Å². The topological polar surface area (TPSA) is 158 Å². The first-order chi connectivity index (χ1) is 9.60. The first kappa shape index (κ1) is 21.8. The van der Waals surface area contributed by atoms with Gasteiger partial charge in [0, 0.05) is 11.8 Å². The molecule has 2 unspecified atom stereocenters. The van der Waals surface area contributed by atoms with Crippen molar-refractivity contribution < 1.29 is 34.8 Å². The van der Waals surface area contributed by atoms with Crippen molar-refractivity contribution in [3.8, 4) is 0 Å². The molecule has 6 N–H and O–H groups in total. The zero-order chi connectivity index (χ0) is 17.1. The Morgan fingerprint density at radius 2 is 1.71 bits per heavy atom. The SMILES string of the molecule is CC(C)(CO)C(N)C(=O)O.O=CCCCCC(O)C(=O)O. The summed E-state index contributed by atoms with van der Waals surface area (Å²) in [6.45, 7) is 2.98. The minimum Gasteiger partial charge on any atom is -0.480 e. The molecule has 0 heterocycles. The predicted molar refractivity (Wildman–Crippen MR) is 74.7 cm³/mol. The monoisotopic (exact) mass is 307 g/mol. The molecular formula is C13H25NO7. The van der Waals surface area contributed by atoms with Crippen molar-refractivity contribution in [3.63, 3.8) is 0 Å². The standard InChI is InChI=1S/C7H12O4.C6H13NO3/c8-5-3-1-2-4-6(9)7(10)11;1-6(2,3-8)4(7)5(9)10/h5-6,9H,1-4H2,(H,10,11);4,8H,3,7H2,1-2H3,(H,9,10). The molecular weight excluding hydrogens is 282 g/mol. The maximum atomic E-state index is 10.3. The zero-order valence-electron chi connectivity index (χ0n) is 12.4. The number of carboxylic acid groups (broad SMARTS) is 2. The lowest BCUT2D eigenvalue weighted by atomic mass is 9.86. The van der Waals surface area contributed by atoms with Crippen molar-refractivity contribution in [2.45, 2.75) is 51.7 Å². The maximum Gasteiger partial charge on any atom is 0.332 e. The highest BCUT2D eigenvalue weighted by Crippen LogP contribution is 2.17. The van der Waals surface area contributed by atoms with Gasteiger partial charge in [0.1, 0.15) is 12.3 Å². The molecule has 2 atom stereocenters. The lowest BCUT2D eigenvalue weighted by molar-refractivity contribution is -0.147. The fourth-order valence-corrected chi connectivity index (χ4v) is 1.12. The van der Waals surface area contributed by atoms with Crippen LogP contribution in [0.15, 0.2) is 0 Å². The second kappa shape index (κ2) is 11.2. The molecule has 0 rings (SSSR count). The molecule has 0 aromatic heterocycles. The average molecular weight is 307 g/mol. The molecule has 0 aromatic rings. The van der Waals surface area contributed by atoms with E-state index in [1.165, 1.54) is 0 Å². The summed E-state index contributed by atoms with van der Waals surface area (Å²) in [4.78, 5) is 30.1. The number of carbonyl (C=O) groups excluding carboxylic acids is 1. The Bertz CT molecular complexity index is 330. The van der Waals surface area contributed by atoms with Gasteiger partial charge >= 0.3 is 11.9 Å². The molecule has 0 saturated carbocycles. The van der Waals surface area contributed by atoms with Gasteiger partial charge in [0.25, 0.3) is 0 Å². The van der Waals surface area contributed by atoms with Gasteiger partial charge in [-0.2, -0.15) is 0 Å². The number of unbranched alkanes of at least 4 members (excludes halogenated alkanes) is 2. The van der Waals surface area contributed by atoms with Crippen LogP contribution in [-0.4, -0.2) is 57.4 Å². The highest BCUT2D eigenvalue weighted by molar-refractivity contribution is 5.74. The third-order valence-corrected chi connectivity index (χ3v) is 2.85. The van der Waals surface area contributed by atoms with Gasteiger partial charge in [-0.1, -0.05) is 13.8 Å². The van der Waals surface area contributed by atoms with E-state index in [1.54, 1.807) is 13.8 Å². The van der Waals surface area contributed by atoms with Gasteiger partial charge in [0.15, 0.2) is 6.10 Å². The van der Waals surface area contributed by atoms with E-state index in [2.05, 4.69) is 0 Å². The van der Waals surface area contributed by atoms with E-state index in [1.807, 2.05) is 0 Å². The summed E-state index contributed by atoms with van der Waals surface area (Å²) in [6, 6.07) is -1.00. The molecule has 0 aliphatic rings. The molecule has 8 nitrogen and oxygen atoms in total. The molecule has 124 valence electrons. The van der Waals surface area contributed by atoms with E-state index < -0.39 is 29.5 Å². The molecule has 0 spiro atoms. The van der Waals surface area contributed by atoms with E-state index in [-0.39, 0.29) is 13.0 Å². The predicted octanol–water partition coefficient (Wildman–Crippen LogP) is -0.392. The third kappa shape index (κ3) is 10.9. The molecule has 0 radical (unpaired) electrons. The van der Waals surface area contributed by atoms with E-state index in [0.717, 1.165) is 6.29 Å². The van der Waals surface area contributed by atoms with E-state index in [4.69, 9.17) is 26.2 Å². The molecule has 0 aliphatic heterocycles. The Kier molecular flexibility index (Phi) is 11.6. The van der Waals surface area contributed by atoms with Gasteiger partial charge in [0.05, 0.1) is 6.61 Å². The first-order valence-electron chi connectivity index (χ1n) is 6.53. The normalized spacial score (nSPS) is 13.6. The average Bonchev–Trinajstić information content (AvgIpc) is 2.42. The number of hydrogen-bond acceptors (Lipinski definition) is 6. The summed E-state index contributed by atoms with van der Waals surface area (Å²) in [7, 11) is 0. The first-order valence-corrected chi connectivity index (χ1v) is 6.53. The summed E-state index contributed by atoms with van der Waals surface area (Å²) in [6.07, 6.45) is 1.39. The van der Waals surface area contributed by atoms with Crippen LogP contribution in [0.1, 0.15) is 39.5 Å². The summed E-state index contributed by atoms with van der Waals surface area (Å²) in [5, 5.41) is 34.0. The van der Waals surface area contributed by atoms with Crippen molar-refractivity contribution in [1.82, 2.24) is 0 Å². The fraction of sp³-hybridized carbons (Fsp3) is 0.769. The largest absolute Gasteiger partial charge is 0.480 e. The van der Waals surface area contributed by atoms with Crippen LogP contribution >= 0.6 is 0 Å². The molecule has 0 saturated heterocycles. The van der Waals surface area contributed by atoms with Crippen molar-refractivity contribution in [1.29, 1.82) is 0 Å². The van der Waals surface area contributed by atoms with E-state index in [9.17, 15) is 14.4 Å². The number of carbonyl (C=O) groups is 3. The van der Waals surface area contributed by atoms with Crippen molar-refractivity contribution >= 4 is 18.2 Å². The second-order valence-electron chi connectivity index (χ2n) is 5.27. The van der Waals surface area contributed by atoms with Crippen LogP contribution < -0.4 is 5.73 Å². The summed E-state index contributed by atoms with van der Waals surface area (Å²) in [5.41, 5.74) is 4.50. The van der Waals surface area contributed by atoms with Crippen LogP contribution in [-0.2, 0) is 14.4 Å². The Hall–Kier alpha value is -1.51. The minimum atomic E-state index is -1.28. The molecule has 8 heteroatoms. The Morgan fingerprint density at radius 1 is 1.19 bits per heavy atom.